The lowest BCUT2D eigenvalue weighted by Crippen LogP contribution is -2.31. The third-order valence-electron chi connectivity index (χ3n) is 3.38. The number of aryl methyl sites for hydroxylation is 2. The van der Waals surface area contributed by atoms with Crippen molar-refractivity contribution in [3.8, 4) is 5.69 Å². The van der Waals surface area contributed by atoms with Crippen molar-refractivity contribution in [1.29, 1.82) is 0 Å². The van der Waals surface area contributed by atoms with Crippen LogP contribution in [0.3, 0.4) is 0 Å². The van der Waals surface area contributed by atoms with E-state index >= 15 is 0 Å². The van der Waals surface area contributed by atoms with Gasteiger partial charge in [0.25, 0.3) is 15.9 Å². The van der Waals surface area contributed by atoms with Gasteiger partial charge in [-0.3, -0.25) is 4.79 Å². The molecule has 0 aliphatic rings. The number of carbonyl (C=O) groups is 1. The van der Waals surface area contributed by atoms with Gasteiger partial charge in [-0.05, 0) is 32.0 Å². The van der Waals surface area contributed by atoms with E-state index in [-0.39, 0.29) is 27.7 Å². The molecule has 0 radical (unpaired) electrons. The van der Waals surface area contributed by atoms with Gasteiger partial charge in [0.15, 0.2) is 16.3 Å². The summed E-state index contributed by atoms with van der Waals surface area (Å²) in [6, 6.07) is 7.14. The summed E-state index contributed by atoms with van der Waals surface area (Å²) in [6.07, 6.45) is 1.36. The van der Waals surface area contributed by atoms with Crippen molar-refractivity contribution in [2.75, 3.05) is 0 Å². The van der Waals surface area contributed by atoms with Crippen LogP contribution < -0.4 is 4.72 Å². The van der Waals surface area contributed by atoms with Crippen LogP contribution in [-0.2, 0) is 10.0 Å². The molecule has 0 saturated carbocycles. The van der Waals surface area contributed by atoms with Gasteiger partial charge in [-0.2, -0.15) is 5.10 Å². The number of hydrogen-bond acceptors (Lipinski definition) is 6. The van der Waals surface area contributed by atoms with Gasteiger partial charge in [-0.15, -0.1) is 0 Å². The Hall–Kier alpha value is -3.01. The maximum atomic E-state index is 13.8. The van der Waals surface area contributed by atoms with E-state index in [1.807, 2.05) is 4.72 Å². The fourth-order valence-corrected chi connectivity index (χ4v) is 3.59. The first kappa shape index (κ1) is 16.8. The molecule has 1 amide bonds. The quantitative estimate of drug-likeness (QED) is 0.756. The number of amides is 1. The van der Waals surface area contributed by atoms with E-state index in [4.69, 9.17) is 4.52 Å². The zero-order valence-electron chi connectivity index (χ0n) is 13.2. The standard InChI is InChI=1S/C15H13FN4O4S/c1-9-14(10(2)24-18-9)25(22,23)19-15(21)12-7-8-20(17-12)13-6-4-3-5-11(13)16/h3-8H,1-2H3,(H,19,21). The number of sulfonamides is 1. The number of nitrogens with one attached hydrogen (secondary N) is 1. The molecule has 1 aromatic carbocycles. The van der Waals surface area contributed by atoms with E-state index < -0.39 is 21.7 Å². The molecule has 2 heterocycles. The number of carbonyl (C=O) groups excluding carboxylic acids is 1. The molecule has 0 atom stereocenters. The van der Waals surface area contributed by atoms with Crippen molar-refractivity contribution >= 4 is 15.9 Å². The van der Waals surface area contributed by atoms with E-state index in [1.54, 1.807) is 6.07 Å². The number of hydrogen-bond donors (Lipinski definition) is 1. The highest BCUT2D eigenvalue weighted by Gasteiger charge is 2.27. The highest BCUT2D eigenvalue weighted by atomic mass is 32.2. The van der Waals surface area contributed by atoms with E-state index in [1.165, 1.54) is 44.3 Å². The van der Waals surface area contributed by atoms with Gasteiger partial charge < -0.3 is 4.52 Å². The zero-order valence-corrected chi connectivity index (χ0v) is 14.0. The van der Waals surface area contributed by atoms with Crippen LogP contribution >= 0.6 is 0 Å². The number of para-hydroxylation sites is 1. The number of benzene rings is 1. The Balaban J connectivity index is 1.87. The Morgan fingerprint density at radius 1 is 1.24 bits per heavy atom. The van der Waals surface area contributed by atoms with Crippen molar-refractivity contribution < 1.29 is 22.1 Å². The van der Waals surface area contributed by atoms with Crippen LogP contribution in [0.4, 0.5) is 4.39 Å². The normalized spacial score (nSPS) is 11.5. The molecule has 1 N–H and O–H groups in total. The highest BCUT2D eigenvalue weighted by molar-refractivity contribution is 7.90. The van der Waals surface area contributed by atoms with Crippen molar-refractivity contribution in [3.05, 3.63) is 59.5 Å². The average Bonchev–Trinajstić information content (AvgIpc) is 3.14. The fraction of sp³-hybridized carbons (Fsp3) is 0.133. The molecular formula is C15H13FN4O4S. The molecule has 0 fully saturated rings. The molecule has 3 aromatic rings. The Morgan fingerprint density at radius 3 is 2.60 bits per heavy atom. The lowest BCUT2D eigenvalue weighted by atomic mass is 10.3. The van der Waals surface area contributed by atoms with Crippen LogP contribution in [0.5, 0.6) is 0 Å². The van der Waals surface area contributed by atoms with Crippen molar-refractivity contribution in [3.63, 3.8) is 0 Å². The topological polar surface area (TPSA) is 107 Å². The van der Waals surface area contributed by atoms with Crippen LogP contribution in [0, 0.1) is 19.7 Å². The lowest BCUT2D eigenvalue weighted by Gasteiger charge is -2.05. The fourth-order valence-electron chi connectivity index (χ4n) is 2.30. The summed E-state index contributed by atoms with van der Waals surface area (Å²) in [5.41, 5.74) is 0.0865. The summed E-state index contributed by atoms with van der Waals surface area (Å²) in [6.45, 7) is 2.87. The maximum absolute atomic E-state index is 13.8. The molecule has 0 unspecified atom stereocenters. The molecule has 3 rings (SSSR count). The summed E-state index contributed by atoms with van der Waals surface area (Å²) >= 11 is 0. The average molecular weight is 364 g/mol. The lowest BCUT2D eigenvalue weighted by molar-refractivity contribution is 0.0976. The van der Waals surface area contributed by atoms with E-state index in [0.717, 1.165) is 4.68 Å². The van der Waals surface area contributed by atoms with Crippen LogP contribution in [0.2, 0.25) is 0 Å². The molecular weight excluding hydrogens is 351 g/mol. The van der Waals surface area contributed by atoms with Gasteiger partial charge in [0.1, 0.15) is 17.2 Å². The third kappa shape index (κ3) is 3.15. The van der Waals surface area contributed by atoms with Gasteiger partial charge in [-0.1, -0.05) is 17.3 Å². The van der Waals surface area contributed by atoms with Gasteiger partial charge >= 0.3 is 0 Å². The summed E-state index contributed by atoms with van der Waals surface area (Å²) in [4.78, 5) is 12.0. The Morgan fingerprint density at radius 2 is 1.96 bits per heavy atom. The molecule has 0 aliphatic heterocycles. The number of nitrogens with zero attached hydrogens (tertiary/aromatic N) is 3. The van der Waals surface area contributed by atoms with Gasteiger partial charge in [0.05, 0.1) is 0 Å². The third-order valence-corrected chi connectivity index (χ3v) is 4.96. The first-order valence-electron chi connectivity index (χ1n) is 7.10. The second-order valence-electron chi connectivity index (χ2n) is 5.18. The zero-order chi connectivity index (χ0) is 18.2. The molecule has 8 nitrogen and oxygen atoms in total. The Bertz CT molecular complexity index is 1040. The summed E-state index contributed by atoms with van der Waals surface area (Å²) in [5.74, 6) is -1.41. The van der Waals surface area contributed by atoms with Crippen molar-refractivity contribution in [2.24, 2.45) is 0 Å². The van der Waals surface area contributed by atoms with Crippen molar-refractivity contribution in [1.82, 2.24) is 19.7 Å². The maximum Gasteiger partial charge on any atom is 0.285 e. The Labute approximate surface area is 142 Å². The predicted octanol–water partition coefficient (Wildman–Crippen LogP) is 1.73. The number of rotatable bonds is 4. The number of aromatic nitrogens is 3. The Kier molecular flexibility index (Phi) is 4.13. The number of halogens is 1. The SMILES string of the molecule is Cc1noc(C)c1S(=O)(=O)NC(=O)c1ccn(-c2ccccc2F)n1. The second kappa shape index (κ2) is 6.13. The monoisotopic (exact) mass is 364 g/mol. The minimum absolute atomic E-state index is 0.0645. The van der Waals surface area contributed by atoms with Gasteiger partial charge in [-0.25, -0.2) is 22.2 Å². The molecule has 25 heavy (non-hydrogen) atoms. The molecule has 0 bridgehead atoms. The molecule has 0 aliphatic carbocycles. The first-order chi connectivity index (χ1) is 11.8. The second-order valence-corrected chi connectivity index (χ2v) is 6.80. The van der Waals surface area contributed by atoms with Crippen LogP contribution in [0.15, 0.2) is 45.9 Å². The smallest absolute Gasteiger partial charge is 0.285 e. The van der Waals surface area contributed by atoms with Gasteiger partial charge in [0, 0.05) is 6.20 Å². The molecule has 2 aromatic heterocycles. The summed E-state index contributed by atoms with van der Waals surface area (Å²) in [7, 11) is -4.17. The molecule has 0 spiro atoms. The van der Waals surface area contributed by atoms with Crippen molar-refractivity contribution in [2.45, 2.75) is 18.7 Å². The van der Waals surface area contributed by atoms with Crippen LogP contribution in [-0.4, -0.2) is 29.3 Å². The summed E-state index contributed by atoms with van der Waals surface area (Å²) < 4.78 is 46.3. The minimum Gasteiger partial charge on any atom is -0.360 e. The minimum atomic E-state index is -4.17. The van der Waals surface area contributed by atoms with Gasteiger partial charge in [0.2, 0.25) is 0 Å². The first-order valence-corrected chi connectivity index (χ1v) is 8.58. The molecule has 10 heteroatoms. The highest BCUT2D eigenvalue weighted by Crippen LogP contribution is 2.19. The molecule has 0 saturated heterocycles. The summed E-state index contributed by atoms with van der Waals surface area (Å²) in [5, 5.41) is 7.46. The predicted molar refractivity (Wildman–Crippen MR) is 84.2 cm³/mol. The van der Waals surface area contributed by atoms with E-state index in [9.17, 15) is 17.6 Å². The molecule has 130 valence electrons. The van der Waals surface area contributed by atoms with Crippen LogP contribution in [0.1, 0.15) is 21.9 Å². The van der Waals surface area contributed by atoms with E-state index in [0.29, 0.717) is 0 Å². The van der Waals surface area contributed by atoms with E-state index in [2.05, 4.69) is 10.3 Å². The van der Waals surface area contributed by atoms with Crippen LogP contribution in [0.25, 0.3) is 5.69 Å². The largest absolute Gasteiger partial charge is 0.360 e.